The normalized spacial score (nSPS) is 23.5. The Morgan fingerprint density at radius 3 is 2.43 bits per heavy atom. The van der Waals surface area contributed by atoms with Crippen LogP contribution in [0.25, 0.3) is 0 Å². The summed E-state index contributed by atoms with van der Waals surface area (Å²) in [6.45, 7) is 3.63. The SMILES string of the molecule is CC1(C)C=C2Nc3nc(C(F)(F)F)nn3[C@@H](c3cc(F)cc(F)c3)[C@@H]2C(=O)C1. The number of halogens is 5. The number of benzene rings is 1. The van der Waals surface area contributed by atoms with E-state index < -0.39 is 41.0 Å². The highest BCUT2D eigenvalue weighted by molar-refractivity contribution is 5.88. The summed E-state index contributed by atoms with van der Waals surface area (Å²) in [5.74, 6) is -4.66. The van der Waals surface area contributed by atoms with E-state index in [1.54, 1.807) is 6.08 Å². The van der Waals surface area contributed by atoms with Gasteiger partial charge in [-0.1, -0.05) is 19.9 Å². The standard InChI is InChI=1S/C18H15F5N4O/c1-17(2)6-11-13(12(28)7-17)14(8-3-9(19)5-10(20)4-8)27-16(24-11)25-15(26-27)18(21,22)23/h3-6,13-14H,7H2,1-2H3,(H,24,25,26)/t13-,14-/m0/s1. The Hall–Kier alpha value is -2.78. The minimum absolute atomic E-state index is 0.00262. The van der Waals surface area contributed by atoms with Crippen molar-refractivity contribution in [2.24, 2.45) is 11.3 Å². The molecule has 1 aromatic carbocycles. The number of allylic oxidation sites excluding steroid dienone is 2. The van der Waals surface area contributed by atoms with Gasteiger partial charge >= 0.3 is 6.18 Å². The first-order chi connectivity index (χ1) is 12.9. The second-order valence-electron chi connectivity index (χ2n) is 7.68. The van der Waals surface area contributed by atoms with E-state index in [2.05, 4.69) is 15.4 Å². The van der Waals surface area contributed by atoms with Crippen molar-refractivity contribution in [3.05, 3.63) is 53.0 Å². The van der Waals surface area contributed by atoms with Crippen LogP contribution >= 0.6 is 0 Å². The number of hydrogen-bond acceptors (Lipinski definition) is 4. The highest BCUT2D eigenvalue weighted by Gasteiger charge is 2.47. The Kier molecular flexibility index (Phi) is 3.89. The summed E-state index contributed by atoms with van der Waals surface area (Å²) in [5, 5.41) is 6.24. The molecule has 2 aliphatic rings. The van der Waals surface area contributed by atoms with Crippen LogP contribution in [0.2, 0.25) is 0 Å². The third-order valence-electron chi connectivity index (χ3n) is 4.80. The first kappa shape index (κ1) is 18.6. The van der Waals surface area contributed by atoms with E-state index in [4.69, 9.17) is 0 Å². The van der Waals surface area contributed by atoms with Crippen LogP contribution in [0.1, 0.15) is 37.7 Å². The van der Waals surface area contributed by atoms with Crippen molar-refractivity contribution in [3.63, 3.8) is 0 Å². The van der Waals surface area contributed by atoms with Crippen LogP contribution in [0, 0.1) is 23.0 Å². The molecule has 1 aliphatic heterocycles. The number of alkyl halides is 3. The van der Waals surface area contributed by atoms with Crippen LogP contribution in [0.5, 0.6) is 0 Å². The van der Waals surface area contributed by atoms with Gasteiger partial charge in [0.15, 0.2) is 0 Å². The maximum atomic E-state index is 13.8. The first-order valence-corrected chi connectivity index (χ1v) is 8.47. The molecular formula is C18H15F5N4O. The molecule has 0 saturated carbocycles. The monoisotopic (exact) mass is 398 g/mol. The lowest BCUT2D eigenvalue weighted by atomic mass is 9.72. The predicted molar refractivity (Wildman–Crippen MR) is 88.1 cm³/mol. The molecule has 10 heteroatoms. The number of carbonyl (C=O) groups excluding carboxylic acids is 1. The van der Waals surface area contributed by atoms with Crippen molar-refractivity contribution < 1.29 is 26.7 Å². The highest BCUT2D eigenvalue weighted by Crippen LogP contribution is 2.46. The number of aromatic nitrogens is 3. The molecule has 0 saturated heterocycles. The fraction of sp³-hybridized carbons (Fsp3) is 0.389. The van der Waals surface area contributed by atoms with Gasteiger partial charge in [0.25, 0.3) is 5.82 Å². The maximum Gasteiger partial charge on any atom is 0.453 e. The third-order valence-corrected chi connectivity index (χ3v) is 4.80. The highest BCUT2D eigenvalue weighted by atomic mass is 19.4. The quantitative estimate of drug-likeness (QED) is 0.736. The molecule has 0 amide bonds. The molecule has 1 aromatic heterocycles. The molecule has 0 unspecified atom stereocenters. The molecule has 0 spiro atoms. The van der Waals surface area contributed by atoms with Crippen LogP contribution in [-0.2, 0) is 11.0 Å². The van der Waals surface area contributed by atoms with Gasteiger partial charge in [0.2, 0.25) is 5.95 Å². The lowest BCUT2D eigenvalue weighted by molar-refractivity contribution is -0.145. The second-order valence-corrected chi connectivity index (χ2v) is 7.68. The number of fused-ring (bicyclic) bond motifs is 2. The number of Topliss-reactive ketones (excluding diaryl/α,β-unsaturated/α-hetero) is 1. The van der Waals surface area contributed by atoms with E-state index >= 15 is 0 Å². The molecule has 0 fully saturated rings. The number of anilines is 1. The molecule has 4 rings (SSSR count). The minimum atomic E-state index is -4.81. The number of carbonyl (C=O) groups is 1. The largest absolute Gasteiger partial charge is 0.453 e. The smallest absolute Gasteiger partial charge is 0.328 e. The number of nitrogens with one attached hydrogen (secondary N) is 1. The van der Waals surface area contributed by atoms with Gasteiger partial charge in [0.1, 0.15) is 17.4 Å². The van der Waals surface area contributed by atoms with Gasteiger partial charge in [-0.3, -0.25) is 4.79 Å². The molecule has 5 nitrogen and oxygen atoms in total. The Balaban J connectivity index is 1.95. The molecule has 2 heterocycles. The molecule has 28 heavy (non-hydrogen) atoms. The molecule has 0 radical (unpaired) electrons. The second kappa shape index (κ2) is 5.86. The van der Waals surface area contributed by atoms with E-state index in [0.717, 1.165) is 16.8 Å². The van der Waals surface area contributed by atoms with Gasteiger partial charge in [-0.15, -0.1) is 5.10 Å². The van der Waals surface area contributed by atoms with Gasteiger partial charge in [-0.2, -0.15) is 18.2 Å². The summed E-state index contributed by atoms with van der Waals surface area (Å²) in [7, 11) is 0. The maximum absolute atomic E-state index is 13.8. The summed E-state index contributed by atoms with van der Waals surface area (Å²) in [5.41, 5.74) is -0.171. The Morgan fingerprint density at radius 1 is 1.18 bits per heavy atom. The summed E-state index contributed by atoms with van der Waals surface area (Å²) in [6, 6.07) is 1.47. The zero-order chi connectivity index (χ0) is 20.4. The molecular weight excluding hydrogens is 383 g/mol. The average Bonchev–Trinajstić information content (AvgIpc) is 2.94. The van der Waals surface area contributed by atoms with Crippen molar-refractivity contribution in [1.29, 1.82) is 0 Å². The van der Waals surface area contributed by atoms with Crippen LogP contribution in [-0.4, -0.2) is 20.5 Å². The summed E-state index contributed by atoms with van der Waals surface area (Å²) in [4.78, 5) is 16.3. The van der Waals surface area contributed by atoms with Gasteiger partial charge in [0.05, 0.1) is 12.0 Å². The number of nitrogens with zero attached hydrogens (tertiary/aromatic N) is 3. The third kappa shape index (κ3) is 3.06. The van der Waals surface area contributed by atoms with Crippen LogP contribution in [0.3, 0.4) is 0 Å². The van der Waals surface area contributed by atoms with Crippen molar-refractivity contribution in [2.45, 2.75) is 32.5 Å². The van der Waals surface area contributed by atoms with E-state index in [-0.39, 0.29) is 23.7 Å². The Labute approximate surface area is 156 Å². The number of hydrogen-bond donors (Lipinski definition) is 1. The number of ketones is 1. The fourth-order valence-corrected chi connectivity index (χ4v) is 3.83. The van der Waals surface area contributed by atoms with Crippen LogP contribution < -0.4 is 5.32 Å². The molecule has 2 atom stereocenters. The van der Waals surface area contributed by atoms with Crippen LogP contribution in [0.4, 0.5) is 27.9 Å². The van der Waals surface area contributed by atoms with E-state index in [9.17, 15) is 26.7 Å². The first-order valence-electron chi connectivity index (χ1n) is 8.47. The van der Waals surface area contributed by atoms with Crippen molar-refractivity contribution in [1.82, 2.24) is 14.8 Å². The van der Waals surface area contributed by atoms with Gasteiger partial charge in [-0.05, 0) is 23.1 Å². The average molecular weight is 398 g/mol. The van der Waals surface area contributed by atoms with Crippen LogP contribution in [0.15, 0.2) is 30.0 Å². The molecule has 0 bridgehead atoms. The van der Waals surface area contributed by atoms with Gasteiger partial charge < -0.3 is 5.32 Å². The fourth-order valence-electron chi connectivity index (χ4n) is 3.83. The molecule has 1 N–H and O–H groups in total. The molecule has 2 aromatic rings. The van der Waals surface area contributed by atoms with E-state index in [0.29, 0.717) is 11.8 Å². The Morgan fingerprint density at radius 2 is 1.82 bits per heavy atom. The summed E-state index contributed by atoms with van der Waals surface area (Å²) in [6.07, 6.45) is -2.94. The minimum Gasteiger partial charge on any atom is -0.328 e. The lowest BCUT2D eigenvalue weighted by Crippen LogP contribution is -2.42. The summed E-state index contributed by atoms with van der Waals surface area (Å²) >= 11 is 0. The number of rotatable bonds is 1. The van der Waals surface area contributed by atoms with Gasteiger partial charge in [0, 0.05) is 18.2 Å². The molecule has 1 aliphatic carbocycles. The summed E-state index contributed by atoms with van der Waals surface area (Å²) < 4.78 is 67.9. The zero-order valence-corrected chi connectivity index (χ0v) is 14.8. The topological polar surface area (TPSA) is 59.8 Å². The zero-order valence-electron chi connectivity index (χ0n) is 14.8. The van der Waals surface area contributed by atoms with E-state index in [1.807, 2.05) is 13.8 Å². The molecule has 148 valence electrons. The van der Waals surface area contributed by atoms with Crippen molar-refractivity contribution in [3.8, 4) is 0 Å². The predicted octanol–water partition coefficient (Wildman–Crippen LogP) is 4.09. The Bertz CT molecular complexity index is 988. The van der Waals surface area contributed by atoms with Gasteiger partial charge in [-0.25, -0.2) is 13.5 Å². The van der Waals surface area contributed by atoms with E-state index in [1.165, 1.54) is 0 Å². The van der Waals surface area contributed by atoms with Crippen molar-refractivity contribution >= 4 is 11.7 Å². The lowest BCUT2D eigenvalue weighted by Gasteiger charge is -2.40. The van der Waals surface area contributed by atoms with Crippen molar-refractivity contribution in [2.75, 3.05) is 5.32 Å².